The van der Waals surface area contributed by atoms with E-state index in [0.717, 1.165) is 0 Å². The van der Waals surface area contributed by atoms with Gasteiger partial charge in [-0.3, -0.25) is 19.5 Å². The van der Waals surface area contributed by atoms with E-state index in [1.54, 1.807) is 13.1 Å². The van der Waals surface area contributed by atoms with Crippen LogP contribution in [0.4, 0.5) is 15.9 Å². The summed E-state index contributed by atoms with van der Waals surface area (Å²) in [5, 5.41) is 13.2. The lowest BCUT2D eigenvalue weighted by molar-refractivity contribution is -0.109. The molecule has 1 unspecified atom stereocenters. The molecule has 0 spiro atoms. The molecular formula is C29H33ClFN7O3. The number of nitrogens with zero attached hydrogens (tertiary/aromatic N) is 6. The van der Waals surface area contributed by atoms with Crippen LogP contribution < -0.4 is 10.2 Å². The van der Waals surface area contributed by atoms with E-state index >= 15 is 4.39 Å². The molecule has 3 rings (SSSR count). The number of carbonyl (C=O) groups excluding carboxylic acids is 2. The third-order valence-corrected chi connectivity index (χ3v) is 6.66. The fourth-order valence-corrected chi connectivity index (χ4v) is 4.68. The predicted octanol–water partition coefficient (Wildman–Crippen LogP) is 4.84. The molecule has 0 fully saturated rings. The summed E-state index contributed by atoms with van der Waals surface area (Å²) in [5.74, 6) is -0.715. The van der Waals surface area contributed by atoms with Crippen molar-refractivity contribution < 1.29 is 19.1 Å². The summed E-state index contributed by atoms with van der Waals surface area (Å²) in [5.41, 5.74) is 1.00. The molecule has 2 N–H and O–H groups in total. The maximum Gasteiger partial charge on any atom is 0.220 e. The Bertz CT molecular complexity index is 1410. The number of benzene rings is 1. The second-order valence-electron chi connectivity index (χ2n) is 9.44. The molecule has 2 heterocycles. The Morgan fingerprint density at radius 2 is 2.05 bits per heavy atom. The monoisotopic (exact) mass is 581 g/mol. The molecule has 10 nitrogen and oxygen atoms in total. The van der Waals surface area contributed by atoms with E-state index in [1.165, 1.54) is 41.7 Å². The average Bonchev–Trinajstić information content (AvgIpc) is 2.95. The van der Waals surface area contributed by atoms with Gasteiger partial charge in [-0.1, -0.05) is 37.6 Å². The Labute approximate surface area is 243 Å². The molecule has 41 heavy (non-hydrogen) atoms. The highest BCUT2D eigenvalue weighted by molar-refractivity contribution is 6.33. The summed E-state index contributed by atoms with van der Waals surface area (Å²) in [6.07, 6.45) is 6.40. The molecule has 0 radical (unpaired) electrons. The lowest BCUT2D eigenvalue weighted by Gasteiger charge is -2.33. The van der Waals surface area contributed by atoms with Gasteiger partial charge in [0.1, 0.15) is 23.7 Å². The molecule has 3 aromatic rings. The first-order chi connectivity index (χ1) is 19.7. The van der Waals surface area contributed by atoms with Crippen molar-refractivity contribution in [3.05, 3.63) is 71.5 Å². The molecule has 0 aliphatic rings. The van der Waals surface area contributed by atoms with Gasteiger partial charge < -0.3 is 15.3 Å². The van der Waals surface area contributed by atoms with Gasteiger partial charge in [-0.25, -0.2) is 19.3 Å². The van der Waals surface area contributed by atoms with Crippen LogP contribution in [0.15, 0.2) is 54.4 Å². The highest BCUT2D eigenvalue weighted by atomic mass is 35.5. The zero-order valence-corrected chi connectivity index (χ0v) is 24.1. The van der Waals surface area contributed by atoms with Gasteiger partial charge in [-0.15, -0.1) is 6.58 Å². The second kappa shape index (κ2) is 14.3. The zero-order chi connectivity index (χ0) is 30.1. The summed E-state index contributed by atoms with van der Waals surface area (Å²) in [6.45, 7) is 10.3. The van der Waals surface area contributed by atoms with Crippen LogP contribution in [0.25, 0.3) is 11.3 Å². The van der Waals surface area contributed by atoms with Crippen molar-refractivity contribution in [2.45, 2.75) is 39.2 Å². The molecule has 1 atom stereocenters. The third kappa shape index (κ3) is 6.86. The lowest BCUT2D eigenvalue weighted by Crippen LogP contribution is -2.45. The zero-order valence-electron chi connectivity index (χ0n) is 23.4. The minimum absolute atomic E-state index is 0.0203. The smallest absolute Gasteiger partial charge is 0.220 e. The Kier molecular flexibility index (Phi) is 10.9. The van der Waals surface area contributed by atoms with Crippen molar-refractivity contribution in [1.82, 2.24) is 25.2 Å². The quantitative estimate of drug-likeness (QED) is 0.128. The van der Waals surface area contributed by atoms with Crippen molar-refractivity contribution in [3.8, 4) is 17.0 Å². The number of aromatic hydroxyl groups is 1. The Balaban J connectivity index is 2.38. The number of hydrogen-bond donors (Lipinski definition) is 2. The number of rotatable bonds is 13. The molecule has 0 aliphatic carbocycles. The topological polar surface area (TPSA) is 124 Å². The second-order valence-corrected chi connectivity index (χ2v) is 9.85. The summed E-state index contributed by atoms with van der Waals surface area (Å²) in [6, 6.07) is 5.15. The van der Waals surface area contributed by atoms with E-state index in [9.17, 15) is 14.7 Å². The van der Waals surface area contributed by atoms with E-state index in [-0.39, 0.29) is 39.8 Å². The number of amidine groups is 1. The molecule has 2 aromatic heterocycles. The normalized spacial score (nSPS) is 12.1. The van der Waals surface area contributed by atoms with Crippen LogP contribution in [-0.2, 0) is 9.59 Å². The number of nitrogens with one attached hydrogen (secondary N) is 1. The number of aromatic nitrogens is 3. The Morgan fingerprint density at radius 3 is 2.66 bits per heavy atom. The molecule has 216 valence electrons. The molecule has 12 heteroatoms. The number of halogens is 2. The number of aliphatic imine (C=N–C) groups is 1. The minimum atomic E-state index is -0.743. The van der Waals surface area contributed by atoms with Crippen LogP contribution in [0, 0.1) is 5.82 Å². The average molecular weight is 582 g/mol. The molecule has 0 saturated heterocycles. The van der Waals surface area contributed by atoms with E-state index in [4.69, 9.17) is 11.6 Å². The molecule has 0 aliphatic heterocycles. The molecule has 0 bridgehead atoms. The largest absolute Gasteiger partial charge is 0.507 e. The summed E-state index contributed by atoms with van der Waals surface area (Å²) in [4.78, 5) is 44.7. The minimum Gasteiger partial charge on any atom is -0.507 e. The van der Waals surface area contributed by atoms with Gasteiger partial charge in [-0.05, 0) is 37.5 Å². The van der Waals surface area contributed by atoms with Crippen molar-refractivity contribution >= 4 is 41.8 Å². The molecule has 1 aromatic carbocycles. The van der Waals surface area contributed by atoms with Crippen LogP contribution in [0.5, 0.6) is 5.75 Å². The summed E-state index contributed by atoms with van der Waals surface area (Å²) in [7, 11) is 1.58. The standard InChI is InChI=1S/C29H33ClFN7O3/c1-6-7-11-37(19(4)13-34-16-39)28(32-5)20-12-21(30)27(25-22(31)9-8-10-24(25)41)36-29(20)38(17-40)23-14-33-15-35-26(23)18(2)3/h6,8-10,12,14-19,41H,1,7,11,13H2,2-5H3,(H,34,39). The van der Waals surface area contributed by atoms with Gasteiger partial charge in [0.15, 0.2) is 5.82 Å². The van der Waals surface area contributed by atoms with E-state index in [2.05, 4.69) is 31.8 Å². The molecular weight excluding hydrogens is 549 g/mol. The van der Waals surface area contributed by atoms with E-state index < -0.39 is 5.82 Å². The Hall–Kier alpha value is -4.38. The third-order valence-electron chi connectivity index (χ3n) is 6.37. The van der Waals surface area contributed by atoms with Crippen LogP contribution in [0.2, 0.25) is 5.02 Å². The number of phenols is 1. The highest BCUT2D eigenvalue weighted by Gasteiger charge is 2.29. The number of carbonyl (C=O) groups is 2. The van der Waals surface area contributed by atoms with Crippen LogP contribution in [0.3, 0.4) is 0 Å². The number of pyridine rings is 1. The van der Waals surface area contributed by atoms with Gasteiger partial charge in [0.05, 0.1) is 39.4 Å². The van der Waals surface area contributed by atoms with Crippen LogP contribution in [-0.4, -0.2) is 69.8 Å². The summed E-state index contributed by atoms with van der Waals surface area (Å²) >= 11 is 6.71. The Morgan fingerprint density at radius 1 is 1.29 bits per heavy atom. The first-order valence-electron chi connectivity index (χ1n) is 12.9. The fourth-order valence-electron chi connectivity index (χ4n) is 4.43. The first-order valence-corrected chi connectivity index (χ1v) is 13.3. The maximum absolute atomic E-state index is 15.0. The van der Waals surface area contributed by atoms with Crippen LogP contribution >= 0.6 is 11.6 Å². The van der Waals surface area contributed by atoms with Gasteiger partial charge in [0.25, 0.3) is 0 Å². The van der Waals surface area contributed by atoms with Crippen LogP contribution in [0.1, 0.15) is 44.4 Å². The van der Waals surface area contributed by atoms with Crippen molar-refractivity contribution in [2.75, 3.05) is 25.0 Å². The molecule has 0 saturated carbocycles. The van der Waals surface area contributed by atoms with Gasteiger partial charge >= 0.3 is 0 Å². The number of anilines is 2. The summed E-state index contributed by atoms with van der Waals surface area (Å²) < 4.78 is 15.0. The van der Waals surface area contributed by atoms with E-state index in [0.29, 0.717) is 55.1 Å². The van der Waals surface area contributed by atoms with Crippen molar-refractivity contribution in [1.29, 1.82) is 0 Å². The predicted molar refractivity (Wildman–Crippen MR) is 158 cm³/mol. The SMILES string of the molecule is C=CCCN(C(=NC)c1cc(Cl)c(-c2c(O)cccc2F)nc1N(C=O)c1cncnc1C(C)C)C(C)CNC=O. The molecule has 2 amide bonds. The number of phenolic OH excluding ortho intramolecular Hbond substituents is 1. The van der Waals surface area contributed by atoms with Crippen molar-refractivity contribution in [2.24, 2.45) is 4.99 Å². The van der Waals surface area contributed by atoms with Gasteiger partial charge in [0.2, 0.25) is 12.8 Å². The van der Waals surface area contributed by atoms with E-state index in [1.807, 2.05) is 25.7 Å². The van der Waals surface area contributed by atoms with Crippen molar-refractivity contribution in [3.63, 3.8) is 0 Å². The highest BCUT2D eigenvalue weighted by Crippen LogP contribution is 2.40. The first kappa shape index (κ1) is 31.2. The number of hydrogen-bond acceptors (Lipinski definition) is 7. The fraction of sp³-hybridized carbons (Fsp3) is 0.310. The lowest BCUT2D eigenvalue weighted by atomic mass is 10.0. The number of amides is 2. The van der Waals surface area contributed by atoms with Gasteiger partial charge in [0, 0.05) is 26.2 Å². The maximum atomic E-state index is 15.0. The van der Waals surface area contributed by atoms with Gasteiger partial charge in [-0.2, -0.15) is 0 Å².